The number of hydrogen-bond acceptors (Lipinski definition) is 3. The van der Waals surface area contributed by atoms with E-state index >= 15 is 0 Å². The van der Waals surface area contributed by atoms with Gasteiger partial charge < -0.3 is 5.11 Å². The standard InChI is InChI=1S/C12H21NO4S/c1-12(2,11(14)15)9-4-3-7-13(8-9)18(16,17)10-5-6-10/h9-10H,3-8H2,1-2H3,(H,14,15). The maximum absolute atomic E-state index is 12.2. The molecule has 2 fully saturated rings. The number of hydrogen-bond donors (Lipinski definition) is 1. The molecule has 0 spiro atoms. The first kappa shape index (κ1) is 13.8. The fraction of sp³-hybridized carbons (Fsp3) is 0.917. The Bertz CT molecular complexity index is 439. The predicted molar refractivity (Wildman–Crippen MR) is 67.7 cm³/mol. The predicted octanol–water partition coefficient (Wildman–Crippen LogP) is 1.30. The third-order valence-electron chi connectivity index (χ3n) is 4.26. The van der Waals surface area contributed by atoms with Gasteiger partial charge in [0.25, 0.3) is 0 Å². The second-order valence-electron chi connectivity index (χ2n) is 5.97. The zero-order valence-electron chi connectivity index (χ0n) is 10.9. The van der Waals surface area contributed by atoms with Gasteiger partial charge in [0.1, 0.15) is 0 Å². The van der Waals surface area contributed by atoms with E-state index in [1.54, 1.807) is 13.8 Å². The first-order chi connectivity index (χ1) is 8.26. The van der Waals surface area contributed by atoms with Crippen molar-refractivity contribution < 1.29 is 18.3 Å². The SMILES string of the molecule is CC(C)(C(=O)O)C1CCCN(S(=O)(=O)C2CC2)C1. The second kappa shape index (κ2) is 4.49. The van der Waals surface area contributed by atoms with Crippen molar-refractivity contribution in [3.05, 3.63) is 0 Å². The average molecular weight is 275 g/mol. The van der Waals surface area contributed by atoms with E-state index in [2.05, 4.69) is 0 Å². The molecule has 0 aromatic carbocycles. The Morgan fingerprint density at radius 1 is 1.28 bits per heavy atom. The number of aliphatic carboxylic acids is 1. The molecule has 1 N–H and O–H groups in total. The van der Waals surface area contributed by atoms with E-state index < -0.39 is 21.4 Å². The van der Waals surface area contributed by atoms with Gasteiger partial charge in [-0.25, -0.2) is 12.7 Å². The Balaban J connectivity index is 2.12. The van der Waals surface area contributed by atoms with E-state index in [4.69, 9.17) is 0 Å². The molecule has 1 saturated heterocycles. The molecule has 104 valence electrons. The van der Waals surface area contributed by atoms with Gasteiger partial charge in [0, 0.05) is 13.1 Å². The van der Waals surface area contributed by atoms with E-state index in [1.165, 1.54) is 4.31 Å². The van der Waals surface area contributed by atoms with Crippen LogP contribution in [0.5, 0.6) is 0 Å². The summed E-state index contributed by atoms with van der Waals surface area (Å²) in [4.78, 5) is 11.3. The van der Waals surface area contributed by atoms with Gasteiger partial charge >= 0.3 is 5.97 Å². The van der Waals surface area contributed by atoms with Crippen LogP contribution in [0.25, 0.3) is 0 Å². The van der Waals surface area contributed by atoms with Crippen molar-refractivity contribution in [2.24, 2.45) is 11.3 Å². The molecule has 2 aliphatic rings. The van der Waals surface area contributed by atoms with Crippen molar-refractivity contribution in [2.75, 3.05) is 13.1 Å². The zero-order chi connectivity index (χ0) is 13.6. The van der Waals surface area contributed by atoms with Crippen LogP contribution < -0.4 is 0 Å². The number of carboxylic acids is 1. The monoisotopic (exact) mass is 275 g/mol. The van der Waals surface area contributed by atoms with E-state index in [0.717, 1.165) is 25.7 Å². The van der Waals surface area contributed by atoms with Crippen LogP contribution in [-0.2, 0) is 14.8 Å². The van der Waals surface area contributed by atoms with E-state index in [1.807, 2.05) is 0 Å². The highest BCUT2D eigenvalue weighted by Gasteiger charge is 2.45. The molecule has 1 atom stereocenters. The number of carboxylic acid groups (broad SMARTS) is 1. The van der Waals surface area contributed by atoms with Crippen LogP contribution in [0.15, 0.2) is 0 Å². The molecule has 1 aliphatic carbocycles. The van der Waals surface area contributed by atoms with Crippen LogP contribution in [0.2, 0.25) is 0 Å². The summed E-state index contributed by atoms with van der Waals surface area (Å²) in [6.45, 7) is 4.28. The lowest BCUT2D eigenvalue weighted by molar-refractivity contribution is -0.151. The zero-order valence-corrected chi connectivity index (χ0v) is 11.7. The maximum atomic E-state index is 12.2. The molecule has 0 amide bonds. The van der Waals surface area contributed by atoms with E-state index in [0.29, 0.717) is 13.1 Å². The fourth-order valence-corrected chi connectivity index (χ4v) is 4.44. The van der Waals surface area contributed by atoms with Crippen molar-refractivity contribution >= 4 is 16.0 Å². The molecular formula is C12H21NO4S. The Hall–Kier alpha value is -0.620. The number of rotatable bonds is 4. The van der Waals surface area contributed by atoms with E-state index in [9.17, 15) is 18.3 Å². The summed E-state index contributed by atoms with van der Waals surface area (Å²) in [5.41, 5.74) is -0.863. The molecule has 2 rings (SSSR count). The first-order valence-electron chi connectivity index (χ1n) is 6.48. The molecule has 0 radical (unpaired) electrons. The molecule has 0 aromatic heterocycles. The molecule has 5 nitrogen and oxygen atoms in total. The van der Waals surface area contributed by atoms with E-state index in [-0.39, 0.29) is 11.2 Å². The van der Waals surface area contributed by atoms with Gasteiger partial charge in [-0.1, -0.05) is 0 Å². The summed E-state index contributed by atoms with van der Waals surface area (Å²) in [6.07, 6.45) is 3.06. The van der Waals surface area contributed by atoms with Crippen LogP contribution >= 0.6 is 0 Å². The van der Waals surface area contributed by atoms with Crippen LogP contribution in [0.3, 0.4) is 0 Å². The van der Waals surface area contributed by atoms with Crippen LogP contribution in [0, 0.1) is 11.3 Å². The average Bonchev–Trinajstić information content (AvgIpc) is 3.13. The normalized spacial score (nSPS) is 27.1. The summed E-state index contributed by atoms with van der Waals surface area (Å²) in [6, 6.07) is 0. The molecule has 0 aromatic rings. The highest BCUT2D eigenvalue weighted by atomic mass is 32.2. The van der Waals surface area contributed by atoms with Gasteiger partial charge in [-0.15, -0.1) is 0 Å². The quantitative estimate of drug-likeness (QED) is 0.839. The molecule has 6 heteroatoms. The van der Waals surface area contributed by atoms with Gasteiger partial charge in [-0.3, -0.25) is 4.79 Å². The molecular weight excluding hydrogens is 254 g/mol. The van der Waals surface area contributed by atoms with Crippen LogP contribution in [-0.4, -0.2) is 42.1 Å². The lowest BCUT2D eigenvalue weighted by Crippen LogP contribution is -2.47. The smallest absolute Gasteiger partial charge is 0.309 e. The summed E-state index contributed by atoms with van der Waals surface area (Å²) in [5, 5.41) is 9.03. The summed E-state index contributed by atoms with van der Waals surface area (Å²) in [7, 11) is -3.17. The molecule has 1 aliphatic heterocycles. The number of sulfonamides is 1. The second-order valence-corrected chi connectivity index (χ2v) is 8.18. The molecule has 0 bridgehead atoms. The van der Waals surface area contributed by atoms with Crippen molar-refractivity contribution in [2.45, 2.75) is 44.8 Å². The number of nitrogens with zero attached hydrogens (tertiary/aromatic N) is 1. The van der Waals surface area contributed by atoms with Crippen molar-refractivity contribution in [1.29, 1.82) is 0 Å². The van der Waals surface area contributed by atoms with Gasteiger partial charge in [-0.05, 0) is 45.4 Å². The van der Waals surface area contributed by atoms with Gasteiger partial charge in [0.05, 0.1) is 10.7 Å². The summed E-state index contributed by atoms with van der Waals surface area (Å²) < 4.78 is 25.9. The van der Waals surface area contributed by atoms with Crippen molar-refractivity contribution in [1.82, 2.24) is 4.31 Å². The fourth-order valence-electron chi connectivity index (χ4n) is 2.51. The van der Waals surface area contributed by atoms with Crippen molar-refractivity contribution in [3.8, 4) is 0 Å². The molecule has 1 saturated carbocycles. The molecule has 18 heavy (non-hydrogen) atoms. The van der Waals surface area contributed by atoms with Crippen LogP contribution in [0.1, 0.15) is 39.5 Å². The third kappa shape index (κ3) is 2.40. The Morgan fingerprint density at radius 3 is 2.39 bits per heavy atom. The molecule has 1 heterocycles. The topological polar surface area (TPSA) is 74.7 Å². The Labute approximate surface area is 108 Å². The van der Waals surface area contributed by atoms with Gasteiger partial charge in [0.2, 0.25) is 10.0 Å². The minimum absolute atomic E-state index is 0.0997. The Morgan fingerprint density at radius 2 is 1.89 bits per heavy atom. The number of piperidine rings is 1. The maximum Gasteiger partial charge on any atom is 0.309 e. The highest BCUT2D eigenvalue weighted by molar-refractivity contribution is 7.90. The lowest BCUT2D eigenvalue weighted by Gasteiger charge is -2.38. The third-order valence-corrected chi connectivity index (χ3v) is 6.63. The largest absolute Gasteiger partial charge is 0.481 e. The number of carbonyl (C=O) groups is 1. The van der Waals surface area contributed by atoms with Crippen LogP contribution in [0.4, 0.5) is 0 Å². The van der Waals surface area contributed by atoms with Crippen molar-refractivity contribution in [3.63, 3.8) is 0 Å². The summed E-state index contributed by atoms with van der Waals surface area (Å²) >= 11 is 0. The lowest BCUT2D eigenvalue weighted by atomic mass is 9.75. The highest BCUT2D eigenvalue weighted by Crippen LogP contribution is 2.38. The Kier molecular flexibility index (Phi) is 3.44. The minimum atomic E-state index is -3.17. The first-order valence-corrected chi connectivity index (χ1v) is 7.99. The molecule has 1 unspecified atom stereocenters. The van der Waals surface area contributed by atoms with Gasteiger partial charge in [-0.2, -0.15) is 0 Å². The summed E-state index contributed by atoms with van der Waals surface area (Å²) in [5.74, 6) is -0.949. The minimum Gasteiger partial charge on any atom is -0.481 e. The van der Waals surface area contributed by atoms with Gasteiger partial charge in [0.15, 0.2) is 0 Å².